The second-order valence-corrected chi connectivity index (χ2v) is 9.88. The lowest BCUT2D eigenvalue weighted by Gasteiger charge is -2.27. The standard InChI is InChI=1S/C34H30BrNO4/c1-37-29-17-27(18-30(21-29)38-2)36(28-19-31(39-3)22-32(20-28)40-4)26-15-10-23(11-16-26)9-12-25-14-13-24-7-5-6-8-33(24)34(25)35/h5-22H,1-4H3/b12-9+. The van der Waals surface area contributed by atoms with Crippen LogP contribution in [0.1, 0.15) is 11.1 Å². The van der Waals surface area contributed by atoms with E-state index < -0.39 is 0 Å². The topological polar surface area (TPSA) is 40.2 Å². The monoisotopic (exact) mass is 595 g/mol. The maximum atomic E-state index is 5.57. The summed E-state index contributed by atoms with van der Waals surface area (Å²) in [6.07, 6.45) is 4.25. The van der Waals surface area contributed by atoms with E-state index in [-0.39, 0.29) is 0 Å². The number of methoxy groups -OCH3 is 4. The molecule has 0 saturated heterocycles. The SMILES string of the molecule is COc1cc(OC)cc(N(c2ccc(/C=C/c3ccc4ccccc4c3Br)cc2)c2cc(OC)cc(OC)c2)c1. The van der Waals surface area contributed by atoms with Crippen LogP contribution >= 0.6 is 15.9 Å². The molecule has 6 heteroatoms. The van der Waals surface area contributed by atoms with Crippen LogP contribution in [-0.4, -0.2) is 28.4 Å². The summed E-state index contributed by atoms with van der Waals surface area (Å²) in [5.41, 5.74) is 4.89. The Morgan fingerprint density at radius 2 is 1.07 bits per heavy atom. The molecule has 0 saturated carbocycles. The zero-order valence-corrected chi connectivity index (χ0v) is 24.4. The van der Waals surface area contributed by atoms with Gasteiger partial charge in [-0.25, -0.2) is 0 Å². The summed E-state index contributed by atoms with van der Waals surface area (Å²) in [5, 5.41) is 2.40. The molecule has 5 rings (SSSR count). The second kappa shape index (κ2) is 12.2. The van der Waals surface area contributed by atoms with E-state index in [9.17, 15) is 0 Å². The first-order chi connectivity index (χ1) is 19.5. The van der Waals surface area contributed by atoms with Gasteiger partial charge in [0.2, 0.25) is 0 Å². The molecule has 202 valence electrons. The van der Waals surface area contributed by atoms with Crippen molar-refractivity contribution >= 4 is 55.9 Å². The lowest BCUT2D eigenvalue weighted by Crippen LogP contribution is -2.11. The fourth-order valence-corrected chi connectivity index (χ4v) is 5.22. The smallest absolute Gasteiger partial charge is 0.124 e. The number of halogens is 1. The van der Waals surface area contributed by atoms with E-state index in [2.05, 4.69) is 93.6 Å². The summed E-state index contributed by atoms with van der Waals surface area (Å²) < 4.78 is 23.4. The minimum atomic E-state index is 0.690. The molecule has 40 heavy (non-hydrogen) atoms. The molecule has 0 amide bonds. The third-order valence-corrected chi connectivity index (χ3v) is 7.57. The molecule has 0 aliphatic heterocycles. The highest BCUT2D eigenvalue weighted by Crippen LogP contribution is 2.41. The summed E-state index contributed by atoms with van der Waals surface area (Å²) in [7, 11) is 6.58. The van der Waals surface area contributed by atoms with Gasteiger partial charge in [0.1, 0.15) is 23.0 Å². The minimum Gasteiger partial charge on any atom is -0.497 e. The van der Waals surface area contributed by atoms with Gasteiger partial charge in [-0.15, -0.1) is 0 Å². The molecule has 0 atom stereocenters. The largest absolute Gasteiger partial charge is 0.497 e. The summed E-state index contributed by atoms with van der Waals surface area (Å²) in [6, 6.07) is 32.6. The molecule has 0 aromatic heterocycles. The van der Waals surface area contributed by atoms with Crippen LogP contribution in [0.5, 0.6) is 23.0 Å². The van der Waals surface area contributed by atoms with E-state index in [1.54, 1.807) is 28.4 Å². The predicted molar refractivity (Wildman–Crippen MR) is 168 cm³/mol. The third kappa shape index (κ3) is 5.77. The quantitative estimate of drug-likeness (QED) is 0.159. The Morgan fingerprint density at radius 1 is 0.550 bits per heavy atom. The molecule has 0 fully saturated rings. The highest BCUT2D eigenvalue weighted by Gasteiger charge is 2.17. The number of ether oxygens (including phenoxy) is 4. The Hall–Kier alpha value is -4.42. The van der Waals surface area contributed by atoms with Gasteiger partial charge in [-0.3, -0.25) is 0 Å². The van der Waals surface area contributed by atoms with Gasteiger partial charge in [-0.2, -0.15) is 0 Å². The number of fused-ring (bicyclic) bond motifs is 1. The van der Waals surface area contributed by atoms with Gasteiger partial charge in [0.05, 0.1) is 39.8 Å². The van der Waals surface area contributed by atoms with E-state index in [0.29, 0.717) is 23.0 Å². The van der Waals surface area contributed by atoms with Crippen molar-refractivity contribution in [2.24, 2.45) is 0 Å². The summed E-state index contributed by atoms with van der Waals surface area (Å²) in [4.78, 5) is 2.11. The summed E-state index contributed by atoms with van der Waals surface area (Å²) >= 11 is 3.79. The van der Waals surface area contributed by atoms with Gasteiger partial charge < -0.3 is 23.8 Å². The molecule has 0 N–H and O–H groups in total. The van der Waals surface area contributed by atoms with E-state index in [0.717, 1.165) is 32.7 Å². The van der Waals surface area contributed by atoms with Crippen LogP contribution in [0.4, 0.5) is 17.1 Å². The minimum absolute atomic E-state index is 0.690. The van der Waals surface area contributed by atoms with E-state index in [4.69, 9.17) is 18.9 Å². The zero-order chi connectivity index (χ0) is 28.1. The number of benzene rings is 5. The van der Waals surface area contributed by atoms with Gasteiger partial charge in [0.25, 0.3) is 0 Å². The van der Waals surface area contributed by atoms with Crippen LogP contribution in [0.15, 0.2) is 102 Å². The number of hydrogen-bond acceptors (Lipinski definition) is 5. The molecule has 0 bridgehead atoms. The Bertz CT molecular complexity index is 1560. The average Bonchev–Trinajstić information content (AvgIpc) is 3.01. The van der Waals surface area contributed by atoms with Crippen LogP contribution in [-0.2, 0) is 0 Å². The summed E-state index contributed by atoms with van der Waals surface area (Å²) in [5.74, 6) is 2.76. The molecular weight excluding hydrogens is 566 g/mol. The molecule has 0 radical (unpaired) electrons. The van der Waals surface area contributed by atoms with Crippen molar-refractivity contribution in [1.29, 1.82) is 0 Å². The van der Waals surface area contributed by atoms with Gasteiger partial charge in [0.15, 0.2) is 0 Å². The van der Waals surface area contributed by atoms with Crippen LogP contribution in [0.2, 0.25) is 0 Å². The van der Waals surface area contributed by atoms with Crippen molar-refractivity contribution in [3.63, 3.8) is 0 Å². The van der Waals surface area contributed by atoms with Gasteiger partial charge in [-0.1, -0.05) is 60.7 Å². The first-order valence-corrected chi connectivity index (χ1v) is 13.5. The number of hydrogen-bond donors (Lipinski definition) is 0. The molecule has 0 heterocycles. The lowest BCUT2D eigenvalue weighted by atomic mass is 10.1. The first kappa shape index (κ1) is 27.2. The Morgan fingerprint density at radius 3 is 1.60 bits per heavy atom. The molecule has 5 nitrogen and oxygen atoms in total. The van der Waals surface area contributed by atoms with E-state index in [1.165, 1.54) is 10.8 Å². The van der Waals surface area contributed by atoms with Gasteiger partial charge in [0, 0.05) is 46.6 Å². The highest BCUT2D eigenvalue weighted by molar-refractivity contribution is 9.10. The zero-order valence-electron chi connectivity index (χ0n) is 22.9. The van der Waals surface area contributed by atoms with Crippen molar-refractivity contribution in [2.45, 2.75) is 0 Å². The Balaban J connectivity index is 1.54. The average molecular weight is 597 g/mol. The third-order valence-electron chi connectivity index (χ3n) is 6.69. The molecule has 5 aromatic carbocycles. The number of nitrogens with zero attached hydrogens (tertiary/aromatic N) is 1. The van der Waals surface area contributed by atoms with Crippen molar-refractivity contribution in [1.82, 2.24) is 0 Å². The van der Waals surface area contributed by atoms with Crippen molar-refractivity contribution in [3.8, 4) is 23.0 Å². The van der Waals surface area contributed by atoms with Crippen molar-refractivity contribution in [2.75, 3.05) is 33.3 Å². The molecule has 0 spiro atoms. The molecule has 0 aliphatic rings. The maximum Gasteiger partial charge on any atom is 0.124 e. The van der Waals surface area contributed by atoms with Crippen LogP contribution in [0.3, 0.4) is 0 Å². The van der Waals surface area contributed by atoms with E-state index in [1.807, 2.05) is 36.4 Å². The fourth-order valence-electron chi connectivity index (χ4n) is 4.59. The lowest BCUT2D eigenvalue weighted by molar-refractivity contribution is 0.394. The van der Waals surface area contributed by atoms with Crippen molar-refractivity contribution in [3.05, 3.63) is 113 Å². The first-order valence-electron chi connectivity index (χ1n) is 12.7. The molecule has 0 aliphatic carbocycles. The predicted octanol–water partition coefficient (Wildman–Crippen LogP) is 9.28. The highest BCUT2D eigenvalue weighted by atomic mass is 79.9. The normalized spacial score (nSPS) is 11.0. The maximum absolute atomic E-state index is 5.57. The van der Waals surface area contributed by atoms with Gasteiger partial charge >= 0.3 is 0 Å². The molecular formula is C34H30BrNO4. The van der Waals surface area contributed by atoms with Crippen LogP contribution in [0.25, 0.3) is 22.9 Å². The van der Waals surface area contributed by atoms with E-state index >= 15 is 0 Å². The van der Waals surface area contributed by atoms with Gasteiger partial charge in [-0.05, 0) is 50.0 Å². The Labute approximate surface area is 243 Å². The number of rotatable bonds is 9. The number of anilines is 3. The Kier molecular flexibility index (Phi) is 8.27. The van der Waals surface area contributed by atoms with Crippen LogP contribution in [0, 0.1) is 0 Å². The second-order valence-electron chi connectivity index (χ2n) is 9.09. The molecule has 0 unspecified atom stereocenters. The fraction of sp³-hybridized carbons (Fsp3) is 0.118. The molecule has 5 aromatic rings. The van der Waals surface area contributed by atoms with Crippen molar-refractivity contribution < 1.29 is 18.9 Å². The van der Waals surface area contributed by atoms with Crippen LogP contribution < -0.4 is 23.8 Å². The summed E-state index contributed by atoms with van der Waals surface area (Å²) in [6.45, 7) is 0.